The fourth-order valence-corrected chi connectivity index (χ4v) is 2.33. The number of anilines is 1. The summed E-state index contributed by atoms with van der Waals surface area (Å²) in [6.45, 7) is 0.773. The zero-order valence-corrected chi connectivity index (χ0v) is 13.9. The van der Waals surface area contributed by atoms with E-state index < -0.39 is 0 Å². The SMILES string of the molecule is COc1ccc(NC(=O)NCCOc2ccc3ncccc3c2)cc1. The minimum atomic E-state index is -0.281. The molecule has 3 aromatic rings. The summed E-state index contributed by atoms with van der Waals surface area (Å²) in [5.74, 6) is 1.49. The van der Waals surface area contributed by atoms with E-state index in [1.807, 2.05) is 30.3 Å². The second-order valence-electron chi connectivity index (χ2n) is 5.32. The van der Waals surface area contributed by atoms with Crippen LogP contribution < -0.4 is 20.1 Å². The quantitative estimate of drug-likeness (QED) is 0.676. The maximum Gasteiger partial charge on any atom is 0.319 e. The van der Waals surface area contributed by atoms with Gasteiger partial charge < -0.3 is 20.1 Å². The lowest BCUT2D eigenvalue weighted by Gasteiger charge is -2.10. The highest BCUT2D eigenvalue weighted by molar-refractivity contribution is 5.89. The fourth-order valence-electron chi connectivity index (χ4n) is 2.33. The molecule has 2 N–H and O–H groups in total. The van der Waals surface area contributed by atoms with Gasteiger partial charge in [0, 0.05) is 17.3 Å². The molecule has 25 heavy (non-hydrogen) atoms. The van der Waals surface area contributed by atoms with Crippen LogP contribution >= 0.6 is 0 Å². The summed E-state index contributed by atoms with van der Waals surface area (Å²) >= 11 is 0. The highest BCUT2D eigenvalue weighted by atomic mass is 16.5. The number of carbonyl (C=O) groups is 1. The van der Waals surface area contributed by atoms with Gasteiger partial charge >= 0.3 is 6.03 Å². The highest BCUT2D eigenvalue weighted by Gasteiger charge is 2.02. The molecule has 3 rings (SSSR count). The third-order valence-corrected chi connectivity index (χ3v) is 3.58. The molecule has 1 heterocycles. The van der Waals surface area contributed by atoms with E-state index >= 15 is 0 Å². The number of carbonyl (C=O) groups excluding carboxylic acids is 1. The number of rotatable bonds is 6. The van der Waals surface area contributed by atoms with Gasteiger partial charge in [0.1, 0.15) is 18.1 Å². The number of aromatic nitrogens is 1. The van der Waals surface area contributed by atoms with Crippen LogP contribution in [0.25, 0.3) is 10.9 Å². The number of fused-ring (bicyclic) bond motifs is 1. The lowest BCUT2D eigenvalue weighted by atomic mass is 10.2. The molecule has 6 nitrogen and oxygen atoms in total. The molecule has 0 bridgehead atoms. The second kappa shape index (κ2) is 8.01. The normalized spacial score (nSPS) is 10.3. The standard InChI is InChI=1S/C19H19N3O3/c1-24-16-6-4-15(5-7-16)22-19(23)21-11-12-25-17-8-9-18-14(13-17)3-2-10-20-18/h2-10,13H,11-12H2,1H3,(H2,21,22,23). The number of ether oxygens (including phenoxy) is 2. The molecular formula is C19H19N3O3. The molecule has 0 unspecified atom stereocenters. The number of benzene rings is 2. The van der Waals surface area contributed by atoms with Gasteiger partial charge in [-0.2, -0.15) is 0 Å². The van der Waals surface area contributed by atoms with Crippen molar-refractivity contribution in [3.63, 3.8) is 0 Å². The van der Waals surface area contributed by atoms with Crippen LogP contribution in [-0.2, 0) is 0 Å². The third-order valence-electron chi connectivity index (χ3n) is 3.58. The van der Waals surface area contributed by atoms with E-state index in [4.69, 9.17) is 9.47 Å². The number of nitrogens with one attached hydrogen (secondary N) is 2. The molecule has 0 aliphatic heterocycles. The second-order valence-corrected chi connectivity index (χ2v) is 5.32. The number of urea groups is 1. The minimum absolute atomic E-state index is 0.281. The van der Waals surface area contributed by atoms with Crippen molar-refractivity contribution >= 4 is 22.6 Å². The van der Waals surface area contributed by atoms with E-state index in [9.17, 15) is 4.79 Å². The van der Waals surface area contributed by atoms with Crippen LogP contribution in [-0.4, -0.2) is 31.3 Å². The van der Waals surface area contributed by atoms with Gasteiger partial charge in [-0.15, -0.1) is 0 Å². The van der Waals surface area contributed by atoms with Gasteiger partial charge in [0.15, 0.2) is 0 Å². The molecule has 6 heteroatoms. The summed E-state index contributed by atoms with van der Waals surface area (Å²) in [5, 5.41) is 6.51. The largest absolute Gasteiger partial charge is 0.497 e. The zero-order chi connectivity index (χ0) is 17.5. The molecule has 0 aliphatic carbocycles. The van der Waals surface area contributed by atoms with Crippen molar-refractivity contribution in [2.45, 2.75) is 0 Å². The highest BCUT2D eigenvalue weighted by Crippen LogP contribution is 2.18. The summed E-state index contributed by atoms with van der Waals surface area (Å²) < 4.78 is 10.7. The van der Waals surface area contributed by atoms with Crippen LogP contribution in [0.3, 0.4) is 0 Å². The van der Waals surface area contributed by atoms with Crippen molar-refractivity contribution in [1.29, 1.82) is 0 Å². The van der Waals surface area contributed by atoms with Crippen LogP contribution in [0.2, 0.25) is 0 Å². The topological polar surface area (TPSA) is 72.5 Å². The first-order valence-corrected chi connectivity index (χ1v) is 7.91. The van der Waals surface area contributed by atoms with E-state index in [0.717, 1.165) is 22.4 Å². The van der Waals surface area contributed by atoms with Gasteiger partial charge in [-0.05, 0) is 48.5 Å². The summed E-state index contributed by atoms with van der Waals surface area (Å²) in [6, 6.07) is 16.4. The van der Waals surface area contributed by atoms with Crippen molar-refractivity contribution in [2.75, 3.05) is 25.6 Å². The number of amides is 2. The molecule has 0 fully saturated rings. The summed E-state index contributed by atoms with van der Waals surface area (Å²) in [6.07, 6.45) is 1.76. The van der Waals surface area contributed by atoms with Crippen molar-refractivity contribution < 1.29 is 14.3 Å². The van der Waals surface area contributed by atoms with Gasteiger partial charge in [0.2, 0.25) is 0 Å². The van der Waals surface area contributed by atoms with Crippen LogP contribution in [0.4, 0.5) is 10.5 Å². The third kappa shape index (κ3) is 4.60. The van der Waals surface area contributed by atoms with Gasteiger partial charge in [0.05, 0.1) is 19.2 Å². The smallest absolute Gasteiger partial charge is 0.319 e. The van der Waals surface area contributed by atoms with Crippen LogP contribution in [0.5, 0.6) is 11.5 Å². The van der Waals surface area contributed by atoms with Gasteiger partial charge in [0.25, 0.3) is 0 Å². The Hall–Kier alpha value is -3.28. The number of hydrogen-bond acceptors (Lipinski definition) is 4. The average molecular weight is 337 g/mol. The van der Waals surface area contributed by atoms with E-state index in [1.165, 1.54) is 0 Å². The Kier molecular flexibility index (Phi) is 5.31. The van der Waals surface area contributed by atoms with Crippen LogP contribution in [0.1, 0.15) is 0 Å². The van der Waals surface area contributed by atoms with Gasteiger partial charge in [-0.3, -0.25) is 4.98 Å². The molecule has 0 saturated carbocycles. The Morgan fingerprint density at radius 2 is 1.88 bits per heavy atom. The van der Waals surface area contributed by atoms with Crippen molar-refractivity contribution in [2.24, 2.45) is 0 Å². The number of hydrogen-bond donors (Lipinski definition) is 2. The molecule has 0 radical (unpaired) electrons. The lowest BCUT2D eigenvalue weighted by Crippen LogP contribution is -2.32. The van der Waals surface area contributed by atoms with Crippen LogP contribution in [0, 0.1) is 0 Å². The Morgan fingerprint density at radius 1 is 1.08 bits per heavy atom. The Balaban J connectivity index is 1.43. The molecule has 0 atom stereocenters. The number of pyridine rings is 1. The van der Waals surface area contributed by atoms with E-state index in [2.05, 4.69) is 15.6 Å². The Labute approximate surface area is 145 Å². The summed E-state index contributed by atoms with van der Waals surface area (Å²) in [7, 11) is 1.60. The van der Waals surface area contributed by atoms with Gasteiger partial charge in [-0.25, -0.2) is 4.79 Å². The maximum absolute atomic E-state index is 11.8. The van der Waals surface area contributed by atoms with E-state index in [1.54, 1.807) is 37.6 Å². The van der Waals surface area contributed by atoms with Crippen LogP contribution in [0.15, 0.2) is 60.8 Å². The fraction of sp³-hybridized carbons (Fsp3) is 0.158. The minimum Gasteiger partial charge on any atom is -0.497 e. The molecule has 2 aromatic carbocycles. The summed E-state index contributed by atoms with van der Waals surface area (Å²) in [4.78, 5) is 16.1. The predicted octanol–water partition coefficient (Wildman–Crippen LogP) is 3.44. The first-order chi connectivity index (χ1) is 12.2. The van der Waals surface area contributed by atoms with Crippen molar-refractivity contribution in [3.05, 3.63) is 60.8 Å². The first kappa shape index (κ1) is 16.6. The predicted molar refractivity (Wildman–Crippen MR) is 97.3 cm³/mol. The lowest BCUT2D eigenvalue weighted by molar-refractivity contribution is 0.247. The summed E-state index contributed by atoms with van der Waals surface area (Å²) in [5.41, 5.74) is 1.62. The molecule has 0 aliphatic rings. The van der Waals surface area contributed by atoms with Gasteiger partial charge in [-0.1, -0.05) is 6.07 Å². The molecular weight excluding hydrogens is 318 g/mol. The number of nitrogens with zero attached hydrogens (tertiary/aromatic N) is 1. The van der Waals surface area contributed by atoms with Crippen molar-refractivity contribution in [3.8, 4) is 11.5 Å². The number of methoxy groups -OCH3 is 1. The molecule has 128 valence electrons. The molecule has 1 aromatic heterocycles. The van der Waals surface area contributed by atoms with E-state index in [-0.39, 0.29) is 6.03 Å². The molecule has 0 saturated heterocycles. The Bertz CT molecular complexity index is 850. The van der Waals surface area contributed by atoms with E-state index in [0.29, 0.717) is 18.8 Å². The average Bonchev–Trinajstić information content (AvgIpc) is 2.66. The molecule has 0 spiro atoms. The van der Waals surface area contributed by atoms with Crippen molar-refractivity contribution in [1.82, 2.24) is 10.3 Å². The maximum atomic E-state index is 11.8. The monoisotopic (exact) mass is 337 g/mol. The zero-order valence-electron chi connectivity index (χ0n) is 13.9. The molecule has 2 amide bonds. The Morgan fingerprint density at radius 3 is 2.68 bits per heavy atom. The first-order valence-electron chi connectivity index (χ1n) is 7.91.